The number of rotatable bonds is 6. The van der Waals surface area contributed by atoms with E-state index in [0.29, 0.717) is 35.1 Å². The molecular formula is C29H26N2O4. The average molecular weight is 467 g/mol. The molecule has 1 saturated heterocycles. The fraction of sp³-hybridized carbons (Fsp3) is 0.207. The number of aliphatic hydroxyl groups is 1. The largest absolute Gasteiger partial charge is 0.507 e. The maximum absolute atomic E-state index is 13.3. The number of ketones is 1. The highest BCUT2D eigenvalue weighted by molar-refractivity contribution is 6.51. The first-order chi connectivity index (χ1) is 16.8. The zero-order valence-corrected chi connectivity index (χ0v) is 19.9. The standard InChI is InChI=1S/C29H26N2O4/c1-18(2)17-35-23-9-6-8-21(15-23)27(32)25-26(24-10-5-4-7-19(24)3)31(29(34)28(25)33)22-13-11-20(16-30)12-14-22/h4-15,18,26,32H,17H2,1-3H3/b27-25+. The van der Waals surface area contributed by atoms with E-state index in [0.717, 1.165) is 11.1 Å². The van der Waals surface area contributed by atoms with Crippen molar-refractivity contribution >= 4 is 23.1 Å². The molecule has 176 valence electrons. The molecule has 1 fully saturated rings. The quantitative estimate of drug-likeness (QED) is 0.293. The highest BCUT2D eigenvalue weighted by atomic mass is 16.5. The summed E-state index contributed by atoms with van der Waals surface area (Å²) in [5.41, 5.74) is 2.91. The van der Waals surface area contributed by atoms with E-state index < -0.39 is 17.7 Å². The Labute approximate surface area is 204 Å². The maximum Gasteiger partial charge on any atom is 0.300 e. The highest BCUT2D eigenvalue weighted by Crippen LogP contribution is 2.43. The summed E-state index contributed by atoms with van der Waals surface area (Å²) in [5.74, 6) is -0.879. The molecule has 0 bridgehead atoms. The van der Waals surface area contributed by atoms with E-state index in [1.165, 1.54) is 4.90 Å². The minimum Gasteiger partial charge on any atom is -0.507 e. The first-order valence-corrected chi connectivity index (χ1v) is 11.4. The molecule has 0 saturated carbocycles. The van der Waals surface area contributed by atoms with Crippen molar-refractivity contribution in [2.75, 3.05) is 11.5 Å². The lowest BCUT2D eigenvalue weighted by molar-refractivity contribution is -0.132. The SMILES string of the molecule is Cc1ccccc1C1/C(=C(\O)c2cccc(OCC(C)C)c2)C(=O)C(=O)N1c1ccc(C#N)cc1. The first-order valence-electron chi connectivity index (χ1n) is 11.4. The number of nitriles is 1. The number of hydrogen-bond donors (Lipinski definition) is 1. The van der Waals surface area contributed by atoms with Gasteiger partial charge in [0.15, 0.2) is 0 Å². The van der Waals surface area contributed by atoms with E-state index in [1.807, 2.05) is 45.0 Å². The van der Waals surface area contributed by atoms with E-state index in [4.69, 9.17) is 10.00 Å². The topological polar surface area (TPSA) is 90.6 Å². The Bertz CT molecular complexity index is 1350. The Morgan fingerprint density at radius 1 is 1.06 bits per heavy atom. The van der Waals surface area contributed by atoms with Crippen LogP contribution in [0.25, 0.3) is 5.76 Å². The van der Waals surface area contributed by atoms with Crippen molar-refractivity contribution in [3.63, 3.8) is 0 Å². The summed E-state index contributed by atoms with van der Waals surface area (Å²) >= 11 is 0. The van der Waals surface area contributed by atoms with Gasteiger partial charge in [-0.2, -0.15) is 5.26 Å². The van der Waals surface area contributed by atoms with Gasteiger partial charge in [-0.15, -0.1) is 0 Å². The summed E-state index contributed by atoms with van der Waals surface area (Å²) in [7, 11) is 0. The van der Waals surface area contributed by atoms with Crippen LogP contribution in [0.2, 0.25) is 0 Å². The van der Waals surface area contributed by atoms with Crippen LogP contribution in [0.15, 0.2) is 78.4 Å². The Morgan fingerprint density at radius 3 is 2.43 bits per heavy atom. The molecule has 1 N–H and O–H groups in total. The minimum atomic E-state index is -0.829. The number of nitrogens with zero attached hydrogens (tertiary/aromatic N) is 2. The number of ether oxygens (including phenoxy) is 1. The molecule has 1 aliphatic rings. The predicted octanol–water partition coefficient (Wildman–Crippen LogP) is 5.53. The normalized spacial score (nSPS) is 17.0. The molecule has 0 radical (unpaired) electrons. The van der Waals surface area contributed by atoms with Gasteiger partial charge in [-0.3, -0.25) is 14.5 Å². The summed E-state index contributed by atoms with van der Waals surface area (Å²) in [6, 6.07) is 22.0. The van der Waals surface area contributed by atoms with Crippen LogP contribution in [0.3, 0.4) is 0 Å². The molecule has 0 aromatic heterocycles. The number of hydrogen-bond acceptors (Lipinski definition) is 5. The molecule has 6 heteroatoms. The lowest BCUT2D eigenvalue weighted by Gasteiger charge is -2.26. The zero-order valence-electron chi connectivity index (χ0n) is 19.9. The van der Waals surface area contributed by atoms with Crippen LogP contribution in [-0.4, -0.2) is 23.4 Å². The Kier molecular flexibility index (Phi) is 6.70. The van der Waals surface area contributed by atoms with E-state index >= 15 is 0 Å². The number of aryl methyl sites for hydroxylation is 1. The van der Waals surface area contributed by atoms with Gasteiger partial charge in [0.05, 0.1) is 29.9 Å². The van der Waals surface area contributed by atoms with Crippen molar-refractivity contribution in [1.29, 1.82) is 5.26 Å². The van der Waals surface area contributed by atoms with E-state index in [2.05, 4.69) is 6.07 Å². The van der Waals surface area contributed by atoms with Crippen LogP contribution in [0.5, 0.6) is 5.75 Å². The molecule has 35 heavy (non-hydrogen) atoms. The number of carbonyl (C=O) groups is 2. The summed E-state index contributed by atoms with van der Waals surface area (Å²) in [6.07, 6.45) is 0. The Balaban J connectivity index is 1.88. The first kappa shape index (κ1) is 23.8. The van der Waals surface area contributed by atoms with Crippen molar-refractivity contribution in [3.8, 4) is 11.8 Å². The third-order valence-electron chi connectivity index (χ3n) is 5.89. The third-order valence-corrected chi connectivity index (χ3v) is 5.89. The number of benzene rings is 3. The number of anilines is 1. The molecule has 1 aliphatic heterocycles. The molecule has 1 atom stereocenters. The van der Waals surface area contributed by atoms with Gasteiger partial charge < -0.3 is 9.84 Å². The molecule has 3 aromatic carbocycles. The fourth-order valence-corrected chi connectivity index (χ4v) is 4.13. The summed E-state index contributed by atoms with van der Waals surface area (Å²) in [4.78, 5) is 28.0. The second-order valence-corrected chi connectivity index (χ2v) is 8.92. The second-order valence-electron chi connectivity index (χ2n) is 8.92. The molecule has 1 heterocycles. The minimum absolute atomic E-state index is 0.00895. The predicted molar refractivity (Wildman–Crippen MR) is 134 cm³/mol. The van der Waals surface area contributed by atoms with Crippen molar-refractivity contribution in [1.82, 2.24) is 0 Å². The van der Waals surface area contributed by atoms with E-state index in [9.17, 15) is 14.7 Å². The van der Waals surface area contributed by atoms with E-state index in [1.54, 1.807) is 48.5 Å². The van der Waals surface area contributed by atoms with Gasteiger partial charge in [-0.05, 0) is 60.4 Å². The van der Waals surface area contributed by atoms with Crippen LogP contribution in [-0.2, 0) is 9.59 Å². The zero-order chi connectivity index (χ0) is 25.1. The second kappa shape index (κ2) is 9.86. The average Bonchev–Trinajstić information content (AvgIpc) is 3.13. The molecule has 6 nitrogen and oxygen atoms in total. The lowest BCUT2D eigenvalue weighted by Crippen LogP contribution is -2.29. The van der Waals surface area contributed by atoms with Crippen molar-refractivity contribution in [3.05, 3.63) is 101 Å². The summed E-state index contributed by atoms with van der Waals surface area (Å²) in [5, 5.41) is 20.5. The van der Waals surface area contributed by atoms with Crippen LogP contribution >= 0.6 is 0 Å². The fourth-order valence-electron chi connectivity index (χ4n) is 4.13. The van der Waals surface area contributed by atoms with Gasteiger partial charge in [0, 0.05) is 11.3 Å². The monoisotopic (exact) mass is 466 g/mol. The highest BCUT2D eigenvalue weighted by Gasteiger charge is 2.47. The molecule has 4 rings (SSSR count). The molecule has 0 spiro atoms. The lowest BCUT2D eigenvalue weighted by atomic mass is 9.92. The van der Waals surface area contributed by atoms with Crippen LogP contribution in [0.1, 0.15) is 42.1 Å². The summed E-state index contributed by atoms with van der Waals surface area (Å²) < 4.78 is 5.79. The summed E-state index contributed by atoms with van der Waals surface area (Å²) in [6.45, 7) is 6.48. The van der Waals surface area contributed by atoms with Gasteiger partial charge in [0.25, 0.3) is 11.7 Å². The smallest absolute Gasteiger partial charge is 0.300 e. The number of Topliss-reactive ketones (excluding diaryl/α,β-unsaturated/α-hetero) is 1. The van der Waals surface area contributed by atoms with Gasteiger partial charge in [0.2, 0.25) is 0 Å². The third kappa shape index (κ3) is 4.67. The number of amides is 1. The van der Waals surface area contributed by atoms with Crippen LogP contribution < -0.4 is 9.64 Å². The van der Waals surface area contributed by atoms with Crippen molar-refractivity contribution in [2.24, 2.45) is 5.92 Å². The number of aliphatic hydroxyl groups excluding tert-OH is 1. The van der Waals surface area contributed by atoms with Gasteiger partial charge in [-0.1, -0.05) is 50.2 Å². The van der Waals surface area contributed by atoms with Crippen molar-refractivity contribution < 1.29 is 19.4 Å². The van der Waals surface area contributed by atoms with Crippen LogP contribution in [0, 0.1) is 24.2 Å². The maximum atomic E-state index is 13.3. The molecule has 1 amide bonds. The molecule has 0 aliphatic carbocycles. The van der Waals surface area contributed by atoms with E-state index in [-0.39, 0.29) is 11.3 Å². The molecule has 3 aromatic rings. The van der Waals surface area contributed by atoms with Gasteiger partial charge in [0.1, 0.15) is 11.5 Å². The van der Waals surface area contributed by atoms with Crippen molar-refractivity contribution in [2.45, 2.75) is 26.8 Å². The van der Waals surface area contributed by atoms with Gasteiger partial charge in [-0.25, -0.2) is 0 Å². The number of carbonyl (C=O) groups excluding carboxylic acids is 2. The Morgan fingerprint density at radius 2 is 1.77 bits per heavy atom. The van der Waals surface area contributed by atoms with Gasteiger partial charge >= 0.3 is 0 Å². The molecular weight excluding hydrogens is 440 g/mol. The van der Waals surface area contributed by atoms with Crippen LogP contribution in [0.4, 0.5) is 5.69 Å². The molecule has 1 unspecified atom stereocenters. The Hall–Kier alpha value is -4.37.